The fourth-order valence-corrected chi connectivity index (χ4v) is 6.31. The van der Waals surface area contributed by atoms with E-state index in [0.29, 0.717) is 37.3 Å². The Morgan fingerprint density at radius 1 is 1.19 bits per heavy atom. The number of amides is 1. The molecule has 5 heterocycles. The van der Waals surface area contributed by atoms with Crippen molar-refractivity contribution in [3.05, 3.63) is 55.9 Å². The second kappa shape index (κ2) is 9.66. The van der Waals surface area contributed by atoms with Gasteiger partial charge >= 0.3 is 0 Å². The van der Waals surface area contributed by atoms with Crippen molar-refractivity contribution in [2.45, 2.75) is 52.2 Å². The molecule has 0 aliphatic carbocycles. The molecule has 194 valence electrons. The van der Waals surface area contributed by atoms with Crippen molar-refractivity contribution >= 4 is 39.0 Å². The van der Waals surface area contributed by atoms with Crippen molar-refractivity contribution < 1.29 is 9.53 Å². The lowest BCUT2D eigenvalue weighted by Crippen LogP contribution is -2.53. The number of carbonyl (C=O) groups excluding carboxylic acids is 1. The summed E-state index contributed by atoms with van der Waals surface area (Å²) in [5.74, 6) is 0.0342. The lowest BCUT2D eigenvalue weighted by atomic mass is 10.0. The summed E-state index contributed by atoms with van der Waals surface area (Å²) in [5.41, 5.74) is 4.01. The van der Waals surface area contributed by atoms with Crippen LogP contribution >= 0.6 is 11.3 Å². The van der Waals surface area contributed by atoms with Gasteiger partial charge in [-0.05, 0) is 51.3 Å². The first kappa shape index (κ1) is 24.3. The predicted molar refractivity (Wildman–Crippen MR) is 144 cm³/mol. The molecule has 0 saturated carbocycles. The van der Waals surface area contributed by atoms with Gasteiger partial charge in [0.25, 0.3) is 11.5 Å². The summed E-state index contributed by atoms with van der Waals surface area (Å²) >= 11 is 1.67. The Morgan fingerprint density at radius 3 is 2.73 bits per heavy atom. The fraction of sp³-hybridized carbons (Fsp3) is 0.481. The Morgan fingerprint density at radius 2 is 2.00 bits per heavy atom. The summed E-state index contributed by atoms with van der Waals surface area (Å²) in [6.45, 7) is 10.5. The predicted octanol–water partition coefficient (Wildman–Crippen LogP) is 3.65. The Bertz CT molecular complexity index is 1530. The topological polar surface area (TPSA) is 96.4 Å². The number of fused-ring (bicyclic) bond motifs is 3. The van der Waals surface area contributed by atoms with E-state index in [-0.39, 0.29) is 23.6 Å². The highest BCUT2D eigenvalue weighted by Gasteiger charge is 2.29. The van der Waals surface area contributed by atoms with Gasteiger partial charge in [-0.1, -0.05) is 0 Å². The number of H-pyrrole nitrogens is 1. The van der Waals surface area contributed by atoms with Crippen LogP contribution in [0.3, 0.4) is 0 Å². The number of aromatic amines is 1. The number of hydrogen-bond donors (Lipinski definition) is 1. The molecule has 1 aromatic carbocycles. The van der Waals surface area contributed by atoms with Gasteiger partial charge in [0.15, 0.2) is 0 Å². The average molecular weight is 521 g/mol. The molecule has 2 aliphatic rings. The van der Waals surface area contributed by atoms with Gasteiger partial charge in [-0.3, -0.25) is 19.2 Å². The van der Waals surface area contributed by atoms with E-state index in [1.807, 2.05) is 35.6 Å². The van der Waals surface area contributed by atoms with E-state index in [9.17, 15) is 9.59 Å². The molecule has 37 heavy (non-hydrogen) atoms. The van der Waals surface area contributed by atoms with E-state index >= 15 is 0 Å². The van der Waals surface area contributed by atoms with Crippen molar-refractivity contribution in [3.63, 3.8) is 0 Å². The highest BCUT2D eigenvalue weighted by molar-refractivity contribution is 7.09. The number of aryl methyl sites for hydroxylation is 2. The molecular weight excluding hydrogens is 488 g/mol. The molecule has 2 saturated heterocycles. The van der Waals surface area contributed by atoms with E-state index in [4.69, 9.17) is 4.74 Å². The number of thiazole rings is 1. The summed E-state index contributed by atoms with van der Waals surface area (Å²) in [7, 11) is 0. The Labute approximate surface area is 219 Å². The maximum atomic E-state index is 13.8. The maximum Gasteiger partial charge on any atom is 0.259 e. The molecule has 1 amide bonds. The van der Waals surface area contributed by atoms with Crippen LogP contribution in [0, 0.1) is 13.8 Å². The van der Waals surface area contributed by atoms with Crippen molar-refractivity contribution in [3.8, 4) is 0 Å². The summed E-state index contributed by atoms with van der Waals surface area (Å²) in [5, 5.41) is 9.22. The zero-order chi connectivity index (χ0) is 25.7. The number of nitrogens with one attached hydrogen (secondary N) is 1. The molecule has 0 spiro atoms. The summed E-state index contributed by atoms with van der Waals surface area (Å²) in [4.78, 5) is 38.6. The molecule has 0 unspecified atom stereocenters. The molecule has 1 N–H and O–H groups in total. The monoisotopic (exact) mass is 520 g/mol. The average Bonchev–Trinajstić information content (AvgIpc) is 3.52. The summed E-state index contributed by atoms with van der Waals surface area (Å²) < 4.78 is 7.51. The van der Waals surface area contributed by atoms with Gasteiger partial charge in [-0.25, -0.2) is 4.98 Å². The van der Waals surface area contributed by atoms with E-state index in [1.54, 1.807) is 17.5 Å². The number of nitrogens with zero attached hydrogens (tertiary/aromatic N) is 5. The minimum Gasteiger partial charge on any atom is -0.381 e. The van der Waals surface area contributed by atoms with Crippen molar-refractivity contribution in [1.82, 2.24) is 29.5 Å². The van der Waals surface area contributed by atoms with Gasteiger partial charge in [-0.15, -0.1) is 11.3 Å². The van der Waals surface area contributed by atoms with Gasteiger partial charge in [-0.2, -0.15) is 5.10 Å². The standard InChI is InChI=1S/C27H32N6O3S/c1-16-10-24-22(25-23(26(34)30-24)12-28-33(25)20-4-8-36-9-5-20)11-21(16)27(35)32-7-6-31(17(2)13-32)14-19-15-37-18(3)29-19/h10-12,15,17,20H,4-9,13-14H2,1-3H3,(H,30,34)/t17-/m0/s1. The van der Waals surface area contributed by atoms with Crippen LogP contribution < -0.4 is 5.56 Å². The lowest BCUT2D eigenvalue weighted by Gasteiger charge is -2.39. The van der Waals surface area contributed by atoms with Crippen molar-refractivity contribution in [2.24, 2.45) is 0 Å². The minimum atomic E-state index is -0.153. The van der Waals surface area contributed by atoms with Gasteiger partial charge in [0.05, 0.1) is 39.4 Å². The van der Waals surface area contributed by atoms with Crippen molar-refractivity contribution in [1.29, 1.82) is 0 Å². The molecular formula is C27H32N6O3S. The van der Waals surface area contributed by atoms with Crippen LogP contribution in [-0.4, -0.2) is 74.3 Å². The molecule has 4 aromatic rings. The quantitative estimate of drug-likeness (QED) is 0.441. The Balaban J connectivity index is 1.32. The lowest BCUT2D eigenvalue weighted by molar-refractivity contribution is 0.0492. The second-order valence-electron chi connectivity index (χ2n) is 10.3. The Kier molecular flexibility index (Phi) is 6.34. The number of hydrogen-bond acceptors (Lipinski definition) is 7. The Hall–Kier alpha value is -3.08. The van der Waals surface area contributed by atoms with E-state index in [1.165, 1.54) is 0 Å². The van der Waals surface area contributed by atoms with Gasteiger partial charge in [0.2, 0.25) is 0 Å². The molecule has 0 bridgehead atoms. The molecule has 1 atom stereocenters. The number of ether oxygens (including phenoxy) is 1. The van der Waals surface area contributed by atoms with Gasteiger partial charge in [0.1, 0.15) is 0 Å². The van der Waals surface area contributed by atoms with Crippen LogP contribution in [0.5, 0.6) is 0 Å². The molecule has 6 rings (SSSR count). The van der Waals surface area contributed by atoms with Crippen LogP contribution in [0.25, 0.3) is 21.8 Å². The maximum absolute atomic E-state index is 13.8. The zero-order valence-corrected chi connectivity index (χ0v) is 22.3. The fourth-order valence-electron chi connectivity index (χ4n) is 5.70. The minimum absolute atomic E-state index is 0.0342. The number of benzene rings is 1. The number of piperazine rings is 1. The molecule has 9 nitrogen and oxygen atoms in total. The first-order valence-corrected chi connectivity index (χ1v) is 13.8. The third kappa shape index (κ3) is 4.47. The van der Waals surface area contributed by atoms with E-state index in [2.05, 4.69) is 32.3 Å². The molecule has 2 aliphatic heterocycles. The number of carbonyl (C=O) groups is 1. The van der Waals surface area contributed by atoms with Crippen LogP contribution in [-0.2, 0) is 11.3 Å². The SMILES string of the molecule is Cc1nc(CN2CCN(C(=O)c3cc4c(cc3C)[nH]c(=O)c3cnn(C5CCOCC5)c34)C[C@@H]2C)cs1. The molecule has 2 fully saturated rings. The highest BCUT2D eigenvalue weighted by Crippen LogP contribution is 2.30. The zero-order valence-electron chi connectivity index (χ0n) is 21.5. The third-order valence-electron chi connectivity index (χ3n) is 7.76. The van der Waals surface area contributed by atoms with Gasteiger partial charge < -0.3 is 14.6 Å². The normalized spacial score (nSPS) is 19.8. The molecule has 10 heteroatoms. The largest absolute Gasteiger partial charge is 0.381 e. The first-order valence-electron chi connectivity index (χ1n) is 12.9. The van der Waals surface area contributed by atoms with Crippen LogP contribution in [0.4, 0.5) is 0 Å². The second-order valence-corrected chi connectivity index (χ2v) is 11.4. The summed E-state index contributed by atoms with van der Waals surface area (Å²) in [6, 6.07) is 4.29. The molecule has 3 aromatic heterocycles. The van der Waals surface area contributed by atoms with Gasteiger partial charge in [0, 0.05) is 61.8 Å². The van der Waals surface area contributed by atoms with E-state index in [0.717, 1.165) is 58.6 Å². The van der Waals surface area contributed by atoms with Crippen LogP contribution in [0.1, 0.15) is 52.4 Å². The van der Waals surface area contributed by atoms with Crippen molar-refractivity contribution in [2.75, 3.05) is 32.8 Å². The first-order chi connectivity index (χ1) is 17.9. The molecule has 0 radical (unpaired) electrons. The summed E-state index contributed by atoms with van der Waals surface area (Å²) in [6.07, 6.45) is 3.35. The highest BCUT2D eigenvalue weighted by atomic mass is 32.1. The van der Waals surface area contributed by atoms with Crippen LogP contribution in [0.15, 0.2) is 28.5 Å². The van der Waals surface area contributed by atoms with E-state index < -0.39 is 0 Å². The smallest absolute Gasteiger partial charge is 0.259 e. The third-order valence-corrected chi connectivity index (χ3v) is 8.58. The number of pyridine rings is 1. The number of aromatic nitrogens is 4. The number of rotatable bonds is 4. The van der Waals surface area contributed by atoms with Crippen LogP contribution in [0.2, 0.25) is 0 Å².